The smallest absolute Gasteiger partial charge is 0.132 e. The van der Waals surface area contributed by atoms with Crippen molar-refractivity contribution < 1.29 is 9.84 Å². The van der Waals surface area contributed by atoms with Crippen LogP contribution in [0.5, 0.6) is 5.75 Å². The molecule has 1 heterocycles. The molecule has 23 heavy (non-hydrogen) atoms. The molecular weight excluding hydrogens is 290 g/mol. The van der Waals surface area contributed by atoms with E-state index < -0.39 is 0 Å². The number of rotatable bonds is 6. The van der Waals surface area contributed by atoms with E-state index in [-0.39, 0.29) is 12.6 Å². The summed E-state index contributed by atoms with van der Waals surface area (Å²) in [6.45, 7) is 2.20. The van der Waals surface area contributed by atoms with Gasteiger partial charge in [0.15, 0.2) is 0 Å². The molecule has 0 bridgehead atoms. The number of nitrogens with zero attached hydrogens (tertiary/aromatic N) is 3. The molecule has 0 spiro atoms. The fourth-order valence-corrected chi connectivity index (χ4v) is 2.47. The minimum atomic E-state index is -0.158. The van der Waals surface area contributed by atoms with Crippen molar-refractivity contribution in [1.29, 1.82) is 0 Å². The van der Waals surface area contributed by atoms with Crippen LogP contribution in [0.25, 0.3) is 0 Å². The van der Waals surface area contributed by atoms with Crippen LogP contribution in [0.4, 0.5) is 0 Å². The minimum absolute atomic E-state index is 0.0124. The summed E-state index contributed by atoms with van der Waals surface area (Å²) in [7, 11) is 0. The Morgan fingerprint density at radius 1 is 1.04 bits per heavy atom. The third-order valence-electron chi connectivity index (χ3n) is 3.79. The molecule has 2 aromatic carbocycles. The molecule has 1 N–H and O–H groups in total. The summed E-state index contributed by atoms with van der Waals surface area (Å²) in [5.74, 6) is 0.775. The molecule has 0 saturated carbocycles. The molecule has 5 heteroatoms. The summed E-state index contributed by atoms with van der Waals surface area (Å²) in [5.41, 5.74) is 2.46. The number of hydrogen-bond acceptors (Lipinski definition) is 4. The van der Waals surface area contributed by atoms with Crippen molar-refractivity contribution in [3.63, 3.8) is 0 Å². The van der Waals surface area contributed by atoms with Gasteiger partial charge >= 0.3 is 0 Å². The van der Waals surface area contributed by atoms with Crippen LogP contribution in [0.2, 0.25) is 0 Å². The fourth-order valence-electron chi connectivity index (χ4n) is 2.47. The molecule has 0 aliphatic carbocycles. The molecule has 1 aromatic heterocycles. The number of benzene rings is 2. The van der Waals surface area contributed by atoms with Crippen molar-refractivity contribution in [2.24, 2.45) is 0 Å². The van der Waals surface area contributed by atoms with Crippen LogP contribution in [0, 0.1) is 0 Å². The molecule has 5 nitrogen and oxygen atoms in total. The topological polar surface area (TPSA) is 60.2 Å². The molecule has 3 aromatic rings. The molecule has 0 aliphatic rings. The first-order valence-corrected chi connectivity index (χ1v) is 7.56. The van der Waals surface area contributed by atoms with E-state index in [0.29, 0.717) is 12.3 Å². The van der Waals surface area contributed by atoms with E-state index in [9.17, 15) is 5.11 Å². The number of hydrogen-bond donors (Lipinski definition) is 1. The monoisotopic (exact) mass is 309 g/mol. The van der Waals surface area contributed by atoms with Gasteiger partial charge in [-0.15, -0.1) is 5.10 Å². The lowest BCUT2D eigenvalue weighted by Gasteiger charge is -2.16. The number of aliphatic hydroxyl groups is 1. The van der Waals surface area contributed by atoms with Gasteiger partial charge < -0.3 is 9.84 Å². The van der Waals surface area contributed by atoms with Gasteiger partial charge in [0.2, 0.25) is 0 Å². The van der Waals surface area contributed by atoms with E-state index in [0.717, 1.165) is 17.0 Å². The Kier molecular flexibility index (Phi) is 4.68. The van der Waals surface area contributed by atoms with Gasteiger partial charge in [0.25, 0.3) is 0 Å². The van der Waals surface area contributed by atoms with Crippen molar-refractivity contribution in [2.75, 3.05) is 0 Å². The zero-order valence-electron chi connectivity index (χ0n) is 13.0. The molecule has 118 valence electrons. The van der Waals surface area contributed by atoms with E-state index >= 15 is 0 Å². The molecule has 0 fully saturated rings. The van der Waals surface area contributed by atoms with Gasteiger partial charge in [-0.3, -0.25) is 0 Å². The minimum Gasteiger partial charge on any atom is -0.487 e. The lowest BCUT2D eigenvalue weighted by molar-refractivity contribution is 0.260. The standard InChI is InChI=1S/C18H19N3O2/c1-14(15-8-4-2-5-9-15)21-18(17(12-22)19-20-21)13-23-16-10-6-3-7-11-16/h2-11,14,22H,12-13H2,1H3. The Balaban J connectivity index is 1.85. The van der Waals surface area contributed by atoms with Crippen molar-refractivity contribution in [2.45, 2.75) is 26.2 Å². The Bertz CT molecular complexity index is 741. The van der Waals surface area contributed by atoms with E-state index in [1.54, 1.807) is 0 Å². The molecule has 0 amide bonds. The van der Waals surface area contributed by atoms with Gasteiger partial charge in [0, 0.05) is 0 Å². The Morgan fingerprint density at radius 2 is 1.70 bits per heavy atom. The van der Waals surface area contributed by atoms with Gasteiger partial charge in [-0.1, -0.05) is 53.7 Å². The number of ether oxygens (including phenoxy) is 1. The summed E-state index contributed by atoms with van der Waals surface area (Å²) in [5, 5.41) is 17.8. The lowest BCUT2D eigenvalue weighted by atomic mass is 10.1. The molecule has 0 aliphatic heterocycles. The Labute approximate surface area is 135 Å². The fraction of sp³-hybridized carbons (Fsp3) is 0.222. The van der Waals surface area contributed by atoms with E-state index in [4.69, 9.17) is 4.74 Å². The SMILES string of the molecule is CC(c1ccccc1)n1nnc(CO)c1COc1ccccc1. The molecule has 3 rings (SSSR count). The van der Waals surface area contributed by atoms with Gasteiger partial charge in [0.1, 0.15) is 23.7 Å². The largest absolute Gasteiger partial charge is 0.487 e. The third-order valence-corrected chi connectivity index (χ3v) is 3.79. The van der Waals surface area contributed by atoms with Crippen LogP contribution in [0.15, 0.2) is 60.7 Å². The number of aliphatic hydroxyl groups excluding tert-OH is 1. The third kappa shape index (κ3) is 3.40. The van der Waals surface area contributed by atoms with Crippen LogP contribution in [-0.4, -0.2) is 20.1 Å². The number of aromatic nitrogens is 3. The van der Waals surface area contributed by atoms with Crippen LogP contribution in [0.3, 0.4) is 0 Å². The molecular formula is C18H19N3O2. The van der Waals surface area contributed by atoms with E-state index in [2.05, 4.69) is 17.2 Å². The Morgan fingerprint density at radius 3 is 2.35 bits per heavy atom. The first kappa shape index (κ1) is 15.2. The number of para-hydroxylation sites is 1. The second-order valence-electron chi connectivity index (χ2n) is 5.27. The zero-order valence-corrected chi connectivity index (χ0v) is 13.0. The van der Waals surface area contributed by atoms with Gasteiger partial charge in [-0.2, -0.15) is 0 Å². The lowest BCUT2D eigenvalue weighted by Crippen LogP contribution is -2.14. The summed E-state index contributed by atoms with van der Waals surface area (Å²) in [6, 6.07) is 19.7. The highest BCUT2D eigenvalue weighted by molar-refractivity contribution is 5.23. The second kappa shape index (κ2) is 7.07. The van der Waals surface area contributed by atoms with Crippen LogP contribution in [-0.2, 0) is 13.2 Å². The van der Waals surface area contributed by atoms with Crippen LogP contribution in [0.1, 0.15) is 29.9 Å². The predicted molar refractivity (Wildman–Crippen MR) is 87.0 cm³/mol. The maximum absolute atomic E-state index is 9.51. The van der Waals surface area contributed by atoms with Crippen molar-refractivity contribution in [1.82, 2.24) is 15.0 Å². The second-order valence-corrected chi connectivity index (χ2v) is 5.27. The zero-order chi connectivity index (χ0) is 16.1. The van der Waals surface area contributed by atoms with Gasteiger partial charge in [-0.05, 0) is 24.6 Å². The maximum Gasteiger partial charge on any atom is 0.132 e. The van der Waals surface area contributed by atoms with Crippen molar-refractivity contribution in [3.05, 3.63) is 77.6 Å². The van der Waals surface area contributed by atoms with E-state index in [1.807, 2.05) is 65.3 Å². The Hall–Kier alpha value is -2.66. The summed E-state index contributed by atoms with van der Waals surface area (Å²) < 4.78 is 7.62. The first-order valence-electron chi connectivity index (χ1n) is 7.56. The first-order chi connectivity index (χ1) is 11.3. The molecule has 1 unspecified atom stereocenters. The highest BCUT2D eigenvalue weighted by atomic mass is 16.5. The molecule has 0 saturated heterocycles. The quantitative estimate of drug-likeness (QED) is 0.760. The summed E-state index contributed by atoms with van der Waals surface area (Å²) >= 11 is 0. The summed E-state index contributed by atoms with van der Waals surface area (Å²) in [6.07, 6.45) is 0. The highest BCUT2D eigenvalue weighted by Crippen LogP contribution is 2.21. The van der Waals surface area contributed by atoms with Crippen molar-refractivity contribution >= 4 is 0 Å². The van der Waals surface area contributed by atoms with Gasteiger partial charge in [0.05, 0.1) is 12.6 Å². The van der Waals surface area contributed by atoms with Gasteiger partial charge in [-0.25, -0.2) is 4.68 Å². The molecule has 0 radical (unpaired) electrons. The van der Waals surface area contributed by atoms with Crippen LogP contribution < -0.4 is 4.74 Å². The molecule has 1 atom stereocenters. The average molecular weight is 309 g/mol. The summed E-state index contributed by atoms with van der Waals surface area (Å²) in [4.78, 5) is 0. The van der Waals surface area contributed by atoms with E-state index in [1.165, 1.54) is 0 Å². The highest BCUT2D eigenvalue weighted by Gasteiger charge is 2.18. The normalized spacial score (nSPS) is 12.1. The average Bonchev–Trinajstić information content (AvgIpc) is 3.04. The predicted octanol–water partition coefficient (Wildman–Crippen LogP) is 2.96. The van der Waals surface area contributed by atoms with Crippen LogP contribution >= 0.6 is 0 Å². The maximum atomic E-state index is 9.51. The van der Waals surface area contributed by atoms with Crippen molar-refractivity contribution in [3.8, 4) is 5.75 Å².